The van der Waals surface area contributed by atoms with Gasteiger partial charge in [0.15, 0.2) is 0 Å². The largest absolute Gasteiger partial charge is 0.377 e. The van der Waals surface area contributed by atoms with E-state index in [4.69, 9.17) is 4.74 Å². The highest BCUT2D eigenvalue weighted by atomic mass is 16.5. The van der Waals surface area contributed by atoms with Gasteiger partial charge in [-0.15, -0.1) is 0 Å². The second kappa shape index (κ2) is 6.71. The van der Waals surface area contributed by atoms with E-state index < -0.39 is 0 Å². The van der Waals surface area contributed by atoms with Gasteiger partial charge in [-0.3, -0.25) is 4.90 Å². The van der Waals surface area contributed by atoms with Gasteiger partial charge >= 0.3 is 0 Å². The molecule has 1 aliphatic heterocycles. The maximum Gasteiger partial charge on any atom is 0.126 e. The zero-order valence-electron chi connectivity index (χ0n) is 11.4. The first kappa shape index (κ1) is 13.3. The zero-order valence-corrected chi connectivity index (χ0v) is 11.4. The average Bonchev–Trinajstić information content (AvgIpc) is 2.82. The molecule has 0 saturated carbocycles. The Morgan fingerprint density at radius 1 is 1.56 bits per heavy atom. The molecule has 1 fully saturated rings. The molecule has 1 aromatic heterocycles. The van der Waals surface area contributed by atoms with Crippen molar-refractivity contribution < 1.29 is 4.74 Å². The van der Waals surface area contributed by atoms with Gasteiger partial charge in [-0.25, -0.2) is 4.98 Å². The Balaban J connectivity index is 1.85. The summed E-state index contributed by atoms with van der Waals surface area (Å²) in [5.74, 6) is 0.959. The topological polar surface area (TPSA) is 37.4 Å². The van der Waals surface area contributed by atoms with Crippen molar-refractivity contribution in [3.63, 3.8) is 0 Å². The van der Waals surface area contributed by atoms with Crippen LogP contribution in [-0.2, 0) is 11.3 Å². The maximum atomic E-state index is 5.66. The Morgan fingerprint density at radius 2 is 2.44 bits per heavy atom. The minimum Gasteiger partial charge on any atom is -0.377 e. The van der Waals surface area contributed by atoms with Crippen molar-refractivity contribution in [3.8, 4) is 0 Å². The number of nitrogens with zero attached hydrogens (tertiary/aromatic N) is 2. The molecule has 1 aliphatic rings. The van der Waals surface area contributed by atoms with Crippen LogP contribution in [0.3, 0.4) is 0 Å². The fraction of sp³-hybridized carbons (Fsp3) is 0.643. The minimum atomic E-state index is 0.421. The number of pyridine rings is 1. The quantitative estimate of drug-likeness (QED) is 0.838. The third-order valence-electron chi connectivity index (χ3n) is 3.17. The number of nitrogens with one attached hydrogen (secondary N) is 1. The third kappa shape index (κ3) is 3.96. The molecule has 1 atom stereocenters. The van der Waals surface area contributed by atoms with Crippen LogP contribution in [0.1, 0.15) is 25.3 Å². The molecule has 0 aliphatic carbocycles. The first-order valence-corrected chi connectivity index (χ1v) is 6.77. The SMILES string of the molecule is CCNc1cc(CN(C)CC2CCCO2)ccn1. The van der Waals surface area contributed by atoms with Gasteiger partial charge in [-0.2, -0.15) is 0 Å². The Hall–Kier alpha value is -1.13. The monoisotopic (exact) mass is 249 g/mol. The summed E-state index contributed by atoms with van der Waals surface area (Å²) in [6.07, 6.45) is 4.69. The summed E-state index contributed by atoms with van der Waals surface area (Å²) in [7, 11) is 2.15. The van der Waals surface area contributed by atoms with Gasteiger partial charge in [-0.1, -0.05) is 0 Å². The first-order chi connectivity index (χ1) is 8.78. The van der Waals surface area contributed by atoms with Gasteiger partial charge < -0.3 is 10.1 Å². The van der Waals surface area contributed by atoms with Gasteiger partial charge in [0.2, 0.25) is 0 Å². The van der Waals surface area contributed by atoms with Crippen LogP contribution in [0.2, 0.25) is 0 Å². The van der Waals surface area contributed by atoms with Gasteiger partial charge in [0, 0.05) is 32.4 Å². The van der Waals surface area contributed by atoms with Crippen molar-refractivity contribution in [2.45, 2.75) is 32.4 Å². The number of hydrogen-bond donors (Lipinski definition) is 1. The van der Waals surface area contributed by atoms with Crippen molar-refractivity contribution in [2.24, 2.45) is 0 Å². The molecule has 0 radical (unpaired) electrons. The molecule has 2 rings (SSSR count). The molecule has 1 unspecified atom stereocenters. The maximum absolute atomic E-state index is 5.66. The second-order valence-corrected chi connectivity index (χ2v) is 4.91. The minimum absolute atomic E-state index is 0.421. The van der Waals surface area contributed by atoms with Crippen LogP contribution < -0.4 is 5.32 Å². The molecule has 1 N–H and O–H groups in total. The summed E-state index contributed by atoms with van der Waals surface area (Å²) in [6, 6.07) is 4.20. The molecule has 2 heterocycles. The molecule has 100 valence electrons. The Bertz CT molecular complexity index is 364. The summed E-state index contributed by atoms with van der Waals surface area (Å²) in [5.41, 5.74) is 1.29. The number of rotatable bonds is 6. The molecule has 1 saturated heterocycles. The van der Waals surface area contributed by atoms with Crippen molar-refractivity contribution in [3.05, 3.63) is 23.9 Å². The smallest absolute Gasteiger partial charge is 0.126 e. The summed E-state index contributed by atoms with van der Waals surface area (Å²) in [6.45, 7) is 5.87. The number of likely N-dealkylation sites (N-methyl/N-ethyl adjacent to an activating group) is 1. The number of aromatic nitrogens is 1. The highest BCUT2D eigenvalue weighted by Crippen LogP contribution is 2.14. The molecule has 0 aromatic carbocycles. The predicted molar refractivity (Wildman–Crippen MR) is 73.7 cm³/mol. The number of ether oxygens (including phenoxy) is 1. The molecule has 4 heteroatoms. The molecule has 0 spiro atoms. The molecule has 18 heavy (non-hydrogen) atoms. The van der Waals surface area contributed by atoms with Gasteiger partial charge in [0.25, 0.3) is 0 Å². The fourth-order valence-electron chi connectivity index (χ4n) is 2.36. The third-order valence-corrected chi connectivity index (χ3v) is 3.17. The molecule has 0 bridgehead atoms. The lowest BCUT2D eigenvalue weighted by Gasteiger charge is -2.20. The highest BCUT2D eigenvalue weighted by Gasteiger charge is 2.17. The lowest BCUT2D eigenvalue weighted by Crippen LogP contribution is -2.28. The summed E-state index contributed by atoms with van der Waals surface area (Å²) >= 11 is 0. The van der Waals surface area contributed by atoms with Crippen LogP contribution in [0.15, 0.2) is 18.3 Å². The van der Waals surface area contributed by atoms with Crippen LogP contribution in [0, 0.1) is 0 Å². The number of anilines is 1. The summed E-state index contributed by atoms with van der Waals surface area (Å²) < 4.78 is 5.66. The van der Waals surface area contributed by atoms with E-state index in [0.717, 1.165) is 32.1 Å². The van der Waals surface area contributed by atoms with Crippen molar-refractivity contribution >= 4 is 5.82 Å². The van der Waals surface area contributed by atoms with Crippen molar-refractivity contribution in [2.75, 3.05) is 32.1 Å². The van der Waals surface area contributed by atoms with Crippen LogP contribution >= 0.6 is 0 Å². The summed E-state index contributed by atoms with van der Waals surface area (Å²) in [4.78, 5) is 6.61. The van der Waals surface area contributed by atoms with E-state index >= 15 is 0 Å². The highest BCUT2D eigenvalue weighted by molar-refractivity contribution is 5.37. The first-order valence-electron chi connectivity index (χ1n) is 6.77. The normalized spacial score (nSPS) is 19.4. The van der Waals surface area contributed by atoms with E-state index in [1.54, 1.807) is 0 Å². The Labute approximate surface area is 109 Å². The molecular weight excluding hydrogens is 226 g/mol. The predicted octanol–water partition coefficient (Wildman–Crippen LogP) is 2.12. The number of hydrogen-bond acceptors (Lipinski definition) is 4. The van der Waals surface area contributed by atoms with E-state index in [9.17, 15) is 0 Å². The van der Waals surface area contributed by atoms with Crippen molar-refractivity contribution in [1.82, 2.24) is 9.88 Å². The van der Waals surface area contributed by atoms with Gasteiger partial charge in [-0.05, 0) is 44.5 Å². The summed E-state index contributed by atoms with van der Waals surface area (Å²) in [5, 5.41) is 3.24. The van der Waals surface area contributed by atoms with Gasteiger partial charge in [0.1, 0.15) is 5.82 Å². The molecule has 4 nitrogen and oxygen atoms in total. The molecular formula is C14H23N3O. The van der Waals surface area contributed by atoms with E-state index in [0.29, 0.717) is 6.10 Å². The molecule has 1 aromatic rings. The lowest BCUT2D eigenvalue weighted by molar-refractivity contribution is 0.0793. The average molecular weight is 249 g/mol. The second-order valence-electron chi connectivity index (χ2n) is 4.91. The van der Waals surface area contributed by atoms with Crippen LogP contribution in [0.4, 0.5) is 5.82 Å². The van der Waals surface area contributed by atoms with Crippen LogP contribution in [-0.4, -0.2) is 42.7 Å². The van der Waals surface area contributed by atoms with Crippen molar-refractivity contribution in [1.29, 1.82) is 0 Å². The van der Waals surface area contributed by atoms with Crippen LogP contribution in [0.25, 0.3) is 0 Å². The fourth-order valence-corrected chi connectivity index (χ4v) is 2.36. The standard InChI is InChI=1S/C14H23N3O/c1-3-15-14-9-12(6-7-16-14)10-17(2)11-13-5-4-8-18-13/h6-7,9,13H,3-5,8,10-11H2,1-2H3,(H,15,16). The van der Waals surface area contributed by atoms with E-state index in [1.165, 1.54) is 18.4 Å². The van der Waals surface area contributed by atoms with E-state index in [2.05, 4.69) is 41.3 Å². The van der Waals surface area contributed by atoms with E-state index in [-0.39, 0.29) is 0 Å². The van der Waals surface area contributed by atoms with Gasteiger partial charge in [0.05, 0.1) is 6.10 Å². The Morgan fingerprint density at radius 3 is 3.17 bits per heavy atom. The zero-order chi connectivity index (χ0) is 12.8. The Kier molecular flexibility index (Phi) is 4.96. The van der Waals surface area contributed by atoms with Crippen LogP contribution in [0.5, 0.6) is 0 Å². The van der Waals surface area contributed by atoms with E-state index in [1.807, 2.05) is 6.20 Å². The lowest BCUT2D eigenvalue weighted by atomic mass is 10.2. The molecule has 0 amide bonds.